The molecular weight excluding hydrogens is 250 g/mol. The molecule has 1 aromatic carbocycles. The van der Waals surface area contributed by atoms with Crippen LogP contribution in [-0.2, 0) is 6.54 Å². The third-order valence-electron chi connectivity index (χ3n) is 3.08. The van der Waals surface area contributed by atoms with E-state index in [4.69, 9.17) is 9.68 Å². The highest BCUT2D eigenvalue weighted by atomic mass is 16.3. The van der Waals surface area contributed by atoms with E-state index in [-0.39, 0.29) is 0 Å². The Balaban J connectivity index is 1.87. The van der Waals surface area contributed by atoms with Gasteiger partial charge in [0.05, 0.1) is 17.7 Å². The lowest BCUT2D eigenvalue weighted by atomic mass is 10.1. The van der Waals surface area contributed by atoms with Crippen molar-refractivity contribution in [2.75, 3.05) is 5.32 Å². The number of hydrogen-bond donors (Lipinski definition) is 1. The van der Waals surface area contributed by atoms with Crippen LogP contribution in [-0.4, -0.2) is 4.98 Å². The van der Waals surface area contributed by atoms with E-state index in [1.807, 2.05) is 37.3 Å². The van der Waals surface area contributed by atoms with Gasteiger partial charge < -0.3 is 9.73 Å². The molecule has 0 unspecified atom stereocenters. The average molecular weight is 263 g/mol. The molecule has 0 radical (unpaired) electrons. The minimum absolute atomic E-state index is 0.327. The van der Waals surface area contributed by atoms with Crippen molar-refractivity contribution in [3.05, 3.63) is 59.7 Å². The predicted octanol–water partition coefficient (Wildman–Crippen LogP) is 3.62. The van der Waals surface area contributed by atoms with Crippen molar-refractivity contribution < 1.29 is 4.42 Å². The minimum atomic E-state index is 0.327. The summed E-state index contributed by atoms with van der Waals surface area (Å²) in [5, 5.41) is 13.1. The third kappa shape index (κ3) is 2.34. The molecule has 0 amide bonds. The van der Waals surface area contributed by atoms with Crippen molar-refractivity contribution in [1.82, 2.24) is 4.98 Å². The Morgan fingerprint density at radius 1 is 1.20 bits per heavy atom. The average Bonchev–Trinajstić information content (AvgIpc) is 2.93. The topological polar surface area (TPSA) is 61.9 Å². The van der Waals surface area contributed by atoms with E-state index in [1.54, 1.807) is 12.1 Å². The molecule has 0 aliphatic carbocycles. The van der Waals surface area contributed by atoms with Gasteiger partial charge in [0, 0.05) is 11.1 Å². The number of aromatic nitrogens is 1. The number of anilines is 1. The first-order valence-corrected chi connectivity index (χ1v) is 6.35. The molecule has 1 N–H and O–H groups in total. The van der Waals surface area contributed by atoms with Gasteiger partial charge in [-0.2, -0.15) is 5.26 Å². The van der Waals surface area contributed by atoms with Gasteiger partial charge in [-0.1, -0.05) is 18.2 Å². The molecule has 0 saturated carbocycles. The van der Waals surface area contributed by atoms with E-state index < -0.39 is 0 Å². The number of hydrogen-bond acceptors (Lipinski definition) is 4. The molecule has 98 valence electrons. The quantitative estimate of drug-likeness (QED) is 0.784. The van der Waals surface area contributed by atoms with E-state index in [1.165, 1.54) is 0 Å². The van der Waals surface area contributed by atoms with Crippen LogP contribution in [0.4, 0.5) is 5.69 Å². The van der Waals surface area contributed by atoms with Crippen molar-refractivity contribution in [2.45, 2.75) is 13.5 Å². The van der Waals surface area contributed by atoms with Gasteiger partial charge in [0.1, 0.15) is 11.8 Å². The summed E-state index contributed by atoms with van der Waals surface area (Å²) in [6.45, 7) is 2.50. The molecule has 2 heterocycles. The number of nitrogens with zero attached hydrogens (tertiary/aromatic N) is 2. The highest BCUT2D eigenvalue weighted by molar-refractivity contribution is 5.90. The van der Waals surface area contributed by atoms with Gasteiger partial charge in [0.25, 0.3) is 0 Å². The monoisotopic (exact) mass is 263 g/mol. The maximum atomic E-state index is 8.73. The second kappa shape index (κ2) is 5.06. The highest BCUT2D eigenvalue weighted by Gasteiger charge is 2.05. The summed E-state index contributed by atoms with van der Waals surface area (Å²) in [4.78, 5) is 4.56. The Morgan fingerprint density at radius 2 is 2.10 bits per heavy atom. The zero-order valence-corrected chi connectivity index (χ0v) is 11.1. The van der Waals surface area contributed by atoms with Crippen LogP contribution in [0.3, 0.4) is 0 Å². The van der Waals surface area contributed by atoms with Gasteiger partial charge in [-0.15, -0.1) is 0 Å². The van der Waals surface area contributed by atoms with Crippen LogP contribution in [0.2, 0.25) is 0 Å². The van der Waals surface area contributed by atoms with Gasteiger partial charge in [-0.3, -0.25) is 4.98 Å². The standard InChI is InChI=1S/C16H13N3O/c1-11-5-6-12-3-2-4-15(16(12)19-11)18-10-14-8-7-13(9-17)20-14/h2-8,18H,10H2,1H3. The Morgan fingerprint density at radius 3 is 2.90 bits per heavy atom. The fourth-order valence-corrected chi connectivity index (χ4v) is 2.10. The number of pyridine rings is 1. The minimum Gasteiger partial charge on any atom is -0.449 e. The summed E-state index contributed by atoms with van der Waals surface area (Å²) in [5.41, 5.74) is 2.89. The van der Waals surface area contributed by atoms with Crippen LogP contribution < -0.4 is 5.32 Å². The Bertz CT molecular complexity index is 799. The van der Waals surface area contributed by atoms with Crippen molar-refractivity contribution >= 4 is 16.6 Å². The van der Waals surface area contributed by atoms with Crippen LogP contribution >= 0.6 is 0 Å². The van der Waals surface area contributed by atoms with Crippen molar-refractivity contribution in [1.29, 1.82) is 5.26 Å². The lowest BCUT2D eigenvalue weighted by molar-refractivity contribution is 0.506. The first-order chi connectivity index (χ1) is 9.76. The van der Waals surface area contributed by atoms with E-state index in [2.05, 4.69) is 16.4 Å². The molecule has 20 heavy (non-hydrogen) atoms. The maximum Gasteiger partial charge on any atom is 0.203 e. The summed E-state index contributed by atoms with van der Waals surface area (Å²) < 4.78 is 5.35. The molecule has 2 aromatic heterocycles. The number of rotatable bonds is 3. The molecule has 3 aromatic rings. The van der Waals surface area contributed by atoms with Crippen molar-refractivity contribution in [2.24, 2.45) is 0 Å². The number of benzene rings is 1. The van der Waals surface area contributed by atoms with E-state index in [0.717, 1.165) is 28.0 Å². The Labute approximate surface area is 116 Å². The first kappa shape index (κ1) is 12.2. The molecule has 3 rings (SSSR count). The van der Waals surface area contributed by atoms with Crippen LogP contribution in [0.15, 0.2) is 46.9 Å². The van der Waals surface area contributed by atoms with Gasteiger partial charge in [0.2, 0.25) is 5.76 Å². The van der Waals surface area contributed by atoms with Crippen LogP contribution in [0, 0.1) is 18.3 Å². The molecule has 0 aliphatic heterocycles. The number of furan rings is 1. The first-order valence-electron chi connectivity index (χ1n) is 6.35. The number of para-hydroxylation sites is 1. The SMILES string of the molecule is Cc1ccc2cccc(NCc3ccc(C#N)o3)c2n1. The fourth-order valence-electron chi connectivity index (χ4n) is 2.10. The summed E-state index contributed by atoms with van der Waals surface area (Å²) in [6.07, 6.45) is 0. The third-order valence-corrected chi connectivity index (χ3v) is 3.08. The fraction of sp³-hybridized carbons (Fsp3) is 0.125. The largest absolute Gasteiger partial charge is 0.449 e. The Hall–Kier alpha value is -2.80. The lowest BCUT2D eigenvalue weighted by Crippen LogP contribution is -1.99. The number of aryl methyl sites for hydroxylation is 1. The normalized spacial score (nSPS) is 10.4. The summed E-state index contributed by atoms with van der Waals surface area (Å²) >= 11 is 0. The molecule has 0 atom stereocenters. The molecule has 4 nitrogen and oxygen atoms in total. The van der Waals surface area contributed by atoms with Gasteiger partial charge in [0.15, 0.2) is 0 Å². The van der Waals surface area contributed by atoms with Gasteiger partial charge in [-0.05, 0) is 31.2 Å². The number of nitrogens with one attached hydrogen (secondary N) is 1. The summed E-state index contributed by atoms with van der Waals surface area (Å²) in [6, 6.07) is 15.5. The van der Waals surface area contributed by atoms with Gasteiger partial charge in [-0.25, -0.2) is 0 Å². The number of nitriles is 1. The zero-order chi connectivity index (χ0) is 13.9. The van der Waals surface area contributed by atoms with E-state index >= 15 is 0 Å². The molecule has 0 aliphatic rings. The second-order valence-corrected chi connectivity index (χ2v) is 4.56. The number of fused-ring (bicyclic) bond motifs is 1. The summed E-state index contributed by atoms with van der Waals surface area (Å²) in [7, 11) is 0. The molecule has 0 fully saturated rings. The molecule has 0 saturated heterocycles. The smallest absolute Gasteiger partial charge is 0.203 e. The lowest BCUT2D eigenvalue weighted by Gasteiger charge is -2.08. The van der Waals surface area contributed by atoms with Crippen LogP contribution in [0.1, 0.15) is 17.2 Å². The Kier molecular flexibility index (Phi) is 3.10. The molecule has 0 spiro atoms. The van der Waals surface area contributed by atoms with Crippen LogP contribution in [0.5, 0.6) is 0 Å². The maximum absolute atomic E-state index is 8.73. The van der Waals surface area contributed by atoms with Crippen molar-refractivity contribution in [3.8, 4) is 6.07 Å². The van der Waals surface area contributed by atoms with E-state index in [0.29, 0.717) is 12.3 Å². The highest BCUT2D eigenvalue weighted by Crippen LogP contribution is 2.22. The predicted molar refractivity (Wildman–Crippen MR) is 77.2 cm³/mol. The summed E-state index contributed by atoms with van der Waals surface area (Å²) in [5.74, 6) is 1.06. The zero-order valence-electron chi connectivity index (χ0n) is 11.1. The molecule has 4 heteroatoms. The molecule has 0 bridgehead atoms. The van der Waals surface area contributed by atoms with Crippen LogP contribution in [0.25, 0.3) is 10.9 Å². The van der Waals surface area contributed by atoms with E-state index in [9.17, 15) is 0 Å². The van der Waals surface area contributed by atoms with Gasteiger partial charge >= 0.3 is 0 Å². The second-order valence-electron chi connectivity index (χ2n) is 4.56. The van der Waals surface area contributed by atoms with Crippen molar-refractivity contribution in [3.63, 3.8) is 0 Å². The molecular formula is C16H13N3O.